The summed E-state index contributed by atoms with van der Waals surface area (Å²) in [5.74, 6) is -0.0343. The third-order valence-electron chi connectivity index (χ3n) is 4.47. The fourth-order valence-electron chi connectivity index (χ4n) is 3.13. The molecule has 0 aliphatic rings. The Morgan fingerprint density at radius 3 is 2.75 bits per heavy atom. The van der Waals surface area contributed by atoms with Gasteiger partial charge in [0.15, 0.2) is 0 Å². The lowest BCUT2D eigenvalue weighted by atomic mass is 10.1. The Kier molecular flexibility index (Phi) is 5.48. The maximum atomic E-state index is 9.96. The molecule has 1 unspecified atom stereocenters. The van der Waals surface area contributed by atoms with Crippen LogP contribution in [0.1, 0.15) is 17.2 Å². The van der Waals surface area contributed by atoms with Gasteiger partial charge < -0.3 is 14.4 Å². The number of fused-ring (bicyclic) bond motifs is 1. The standard InChI is InChI=1S/C21H17Cl2N3O2/c22-15-5-6-17(18(23)10-15)20(11-26-8-7-24-13-26)28-12-14-9-21(27)25-19-4-2-1-3-16(14)19/h1-10,13,20H,11-12H2,(H,25,27). The number of rotatable bonds is 6. The average Bonchev–Trinajstić information content (AvgIpc) is 3.18. The Morgan fingerprint density at radius 2 is 1.96 bits per heavy atom. The van der Waals surface area contributed by atoms with E-state index in [4.69, 9.17) is 27.9 Å². The highest BCUT2D eigenvalue weighted by Crippen LogP contribution is 2.31. The molecule has 2 heterocycles. The molecule has 2 aromatic carbocycles. The molecule has 1 atom stereocenters. The summed E-state index contributed by atoms with van der Waals surface area (Å²) in [5.41, 5.74) is 2.41. The molecule has 0 radical (unpaired) electrons. The van der Waals surface area contributed by atoms with E-state index in [9.17, 15) is 5.11 Å². The zero-order valence-corrected chi connectivity index (χ0v) is 16.3. The van der Waals surface area contributed by atoms with Crippen LogP contribution >= 0.6 is 23.2 Å². The van der Waals surface area contributed by atoms with Crippen LogP contribution in [-0.4, -0.2) is 19.6 Å². The van der Waals surface area contributed by atoms with Crippen molar-refractivity contribution >= 4 is 34.1 Å². The molecule has 4 aromatic rings. The molecule has 2 aromatic heterocycles. The van der Waals surface area contributed by atoms with Gasteiger partial charge in [0.25, 0.3) is 0 Å². The number of hydrogen-bond acceptors (Lipinski definition) is 4. The van der Waals surface area contributed by atoms with Gasteiger partial charge in [-0.2, -0.15) is 0 Å². The molecule has 5 nitrogen and oxygen atoms in total. The quantitative estimate of drug-likeness (QED) is 0.459. The molecule has 0 amide bonds. The fourth-order valence-corrected chi connectivity index (χ4v) is 3.66. The minimum Gasteiger partial charge on any atom is -0.493 e. The molecule has 1 N–H and O–H groups in total. The first-order valence-electron chi connectivity index (χ1n) is 8.70. The van der Waals surface area contributed by atoms with Crippen molar-refractivity contribution in [3.05, 3.63) is 88.4 Å². The highest BCUT2D eigenvalue weighted by atomic mass is 35.5. The molecular formula is C21H17Cl2N3O2. The molecule has 0 aliphatic heterocycles. The van der Waals surface area contributed by atoms with E-state index in [2.05, 4.69) is 9.97 Å². The maximum Gasteiger partial charge on any atom is 0.211 e. The van der Waals surface area contributed by atoms with Crippen molar-refractivity contribution in [3.63, 3.8) is 0 Å². The highest BCUT2D eigenvalue weighted by molar-refractivity contribution is 6.35. The van der Waals surface area contributed by atoms with Crippen molar-refractivity contribution < 1.29 is 9.84 Å². The van der Waals surface area contributed by atoms with Gasteiger partial charge in [0, 0.05) is 39.5 Å². The largest absolute Gasteiger partial charge is 0.493 e. The summed E-state index contributed by atoms with van der Waals surface area (Å²) in [6.45, 7) is 0.825. The van der Waals surface area contributed by atoms with Crippen LogP contribution in [0.15, 0.2) is 67.3 Å². The van der Waals surface area contributed by atoms with Gasteiger partial charge in [-0.1, -0.05) is 47.5 Å². The summed E-state index contributed by atoms with van der Waals surface area (Å²) in [6.07, 6.45) is 4.99. The lowest BCUT2D eigenvalue weighted by Crippen LogP contribution is -2.13. The lowest BCUT2D eigenvalue weighted by Gasteiger charge is -2.21. The van der Waals surface area contributed by atoms with Crippen molar-refractivity contribution in [2.45, 2.75) is 19.3 Å². The van der Waals surface area contributed by atoms with Crippen LogP contribution in [-0.2, 0) is 17.9 Å². The summed E-state index contributed by atoms with van der Waals surface area (Å²) in [7, 11) is 0. The van der Waals surface area contributed by atoms with Gasteiger partial charge in [-0.25, -0.2) is 9.97 Å². The van der Waals surface area contributed by atoms with Gasteiger partial charge >= 0.3 is 0 Å². The van der Waals surface area contributed by atoms with E-state index in [0.29, 0.717) is 16.6 Å². The number of para-hydroxylation sites is 1. The SMILES string of the molecule is Oc1cc(COC(Cn2ccnc2)c2ccc(Cl)cc2Cl)c2ccccc2n1. The molecule has 4 rings (SSSR count). The Labute approximate surface area is 172 Å². The fraction of sp³-hybridized carbons (Fsp3) is 0.143. The highest BCUT2D eigenvalue weighted by Gasteiger charge is 2.18. The first-order valence-corrected chi connectivity index (χ1v) is 9.45. The summed E-state index contributed by atoms with van der Waals surface area (Å²) in [4.78, 5) is 8.25. The van der Waals surface area contributed by atoms with Crippen molar-refractivity contribution in [2.75, 3.05) is 0 Å². The van der Waals surface area contributed by atoms with Gasteiger partial charge in [-0.3, -0.25) is 0 Å². The Morgan fingerprint density at radius 1 is 1.11 bits per heavy atom. The number of imidazole rings is 1. The van der Waals surface area contributed by atoms with Crippen molar-refractivity contribution in [1.29, 1.82) is 0 Å². The third kappa shape index (κ3) is 4.12. The number of benzene rings is 2. The Balaban J connectivity index is 1.65. The van der Waals surface area contributed by atoms with E-state index >= 15 is 0 Å². The van der Waals surface area contributed by atoms with Crippen LogP contribution in [0, 0.1) is 0 Å². The summed E-state index contributed by atoms with van der Waals surface area (Å²) in [5, 5.41) is 12.0. The normalized spacial score (nSPS) is 12.4. The summed E-state index contributed by atoms with van der Waals surface area (Å²) < 4.78 is 8.18. The van der Waals surface area contributed by atoms with Crippen LogP contribution in [0.5, 0.6) is 5.88 Å². The molecular weight excluding hydrogens is 397 g/mol. The molecule has 0 saturated carbocycles. The molecule has 0 aliphatic carbocycles. The van der Waals surface area contributed by atoms with Crippen LogP contribution in [0.3, 0.4) is 0 Å². The second-order valence-corrected chi connectivity index (χ2v) is 7.23. The van der Waals surface area contributed by atoms with Gasteiger partial charge in [-0.15, -0.1) is 0 Å². The number of halogens is 2. The monoisotopic (exact) mass is 413 g/mol. The van der Waals surface area contributed by atoms with Crippen molar-refractivity contribution in [2.24, 2.45) is 0 Å². The van der Waals surface area contributed by atoms with E-state index < -0.39 is 0 Å². The third-order valence-corrected chi connectivity index (χ3v) is 5.04. The van der Waals surface area contributed by atoms with Crippen molar-refractivity contribution in [3.8, 4) is 5.88 Å². The second kappa shape index (κ2) is 8.19. The number of aromatic nitrogens is 3. The average molecular weight is 414 g/mol. The molecule has 28 heavy (non-hydrogen) atoms. The first kappa shape index (κ1) is 18.7. The first-order chi connectivity index (χ1) is 13.6. The Hall–Kier alpha value is -2.60. The molecule has 0 bridgehead atoms. The number of pyridine rings is 1. The zero-order valence-electron chi connectivity index (χ0n) is 14.8. The maximum absolute atomic E-state index is 9.96. The minimum absolute atomic E-state index is 0.0343. The summed E-state index contributed by atoms with van der Waals surface area (Å²) in [6, 6.07) is 14.6. The van der Waals surface area contributed by atoms with Crippen LogP contribution in [0.4, 0.5) is 0 Å². The number of hydrogen-bond donors (Lipinski definition) is 1. The van der Waals surface area contributed by atoms with Gasteiger partial charge in [-0.05, 0) is 23.8 Å². The molecule has 0 spiro atoms. The van der Waals surface area contributed by atoms with Crippen LogP contribution in [0.25, 0.3) is 10.9 Å². The van der Waals surface area contributed by atoms with Gasteiger partial charge in [0.05, 0.1) is 25.0 Å². The lowest BCUT2D eigenvalue weighted by molar-refractivity contribution is 0.0285. The molecule has 0 saturated heterocycles. The van der Waals surface area contributed by atoms with E-state index in [1.165, 1.54) is 0 Å². The molecule has 7 heteroatoms. The predicted octanol–water partition coefficient (Wildman–Crippen LogP) is 5.40. The summed E-state index contributed by atoms with van der Waals surface area (Å²) >= 11 is 12.5. The number of nitrogens with zero attached hydrogens (tertiary/aromatic N) is 3. The van der Waals surface area contributed by atoms with E-state index in [-0.39, 0.29) is 18.6 Å². The van der Waals surface area contributed by atoms with Crippen LogP contribution in [0.2, 0.25) is 10.0 Å². The van der Waals surface area contributed by atoms with Gasteiger partial charge in [0.1, 0.15) is 6.10 Å². The molecule has 0 fully saturated rings. The number of ether oxygens (including phenoxy) is 1. The predicted molar refractivity (Wildman–Crippen MR) is 110 cm³/mol. The van der Waals surface area contributed by atoms with Crippen LogP contribution < -0.4 is 0 Å². The zero-order chi connectivity index (χ0) is 19.5. The van der Waals surface area contributed by atoms with E-state index in [1.807, 2.05) is 41.1 Å². The van der Waals surface area contributed by atoms with E-state index in [1.54, 1.807) is 30.7 Å². The second-order valence-electron chi connectivity index (χ2n) is 6.38. The van der Waals surface area contributed by atoms with E-state index in [0.717, 1.165) is 22.0 Å². The molecule has 142 valence electrons. The Bertz CT molecular complexity index is 1100. The minimum atomic E-state index is -0.326. The number of aromatic hydroxyl groups is 1. The topological polar surface area (TPSA) is 60.2 Å². The smallest absolute Gasteiger partial charge is 0.211 e. The van der Waals surface area contributed by atoms with Gasteiger partial charge in [0.2, 0.25) is 5.88 Å². The van der Waals surface area contributed by atoms with Crippen molar-refractivity contribution in [1.82, 2.24) is 14.5 Å².